The van der Waals surface area contributed by atoms with E-state index in [2.05, 4.69) is 0 Å². The molecule has 0 heterocycles. The van der Waals surface area contributed by atoms with Gasteiger partial charge >= 0.3 is 11.9 Å². The maximum atomic E-state index is 12.3. The number of esters is 2. The molecule has 4 heteroatoms. The fourth-order valence-corrected chi connectivity index (χ4v) is 2.64. The summed E-state index contributed by atoms with van der Waals surface area (Å²) < 4.78 is 10.2. The van der Waals surface area contributed by atoms with Crippen LogP contribution in [0.5, 0.6) is 0 Å². The minimum atomic E-state index is -0.853. The highest BCUT2D eigenvalue weighted by atomic mass is 16.5. The zero-order valence-electron chi connectivity index (χ0n) is 12.1. The van der Waals surface area contributed by atoms with Gasteiger partial charge in [0.2, 0.25) is 0 Å². The highest BCUT2D eigenvalue weighted by molar-refractivity contribution is 5.96. The number of ether oxygens (including phenoxy) is 2. The summed E-state index contributed by atoms with van der Waals surface area (Å²) in [6.07, 6.45) is 0.466. The molecule has 0 aromatic heterocycles. The van der Waals surface area contributed by atoms with Gasteiger partial charge in [-0.05, 0) is 32.8 Å². The lowest BCUT2D eigenvalue weighted by Crippen LogP contribution is -2.28. The average Bonchev–Trinajstić information content (AvgIpc) is 3.16. The minimum absolute atomic E-state index is 0.307. The third kappa shape index (κ3) is 2.42. The highest BCUT2D eigenvalue weighted by Crippen LogP contribution is 2.56. The Morgan fingerprint density at radius 2 is 1.95 bits per heavy atom. The van der Waals surface area contributed by atoms with Crippen LogP contribution >= 0.6 is 0 Å². The lowest BCUT2D eigenvalue weighted by atomic mass is 9.92. The van der Waals surface area contributed by atoms with Crippen LogP contribution < -0.4 is 0 Å². The molecule has 0 radical (unpaired) electrons. The normalized spacial score (nSPS) is 24.1. The minimum Gasteiger partial charge on any atom is -0.466 e. The molecule has 0 aliphatic heterocycles. The van der Waals surface area contributed by atoms with Crippen molar-refractivity contribution in [2.75, 3.05) is 13.2 Å². The molecule has 0 unspecified atom stereocenters. The van der Waals surface area contributed by atoms with Crippen LogP contribution in [0.15, 0.2) is 24.3 Å². The first kappa shape index (κ1) is 14.6. The maximum absolute atomic E-state index is 12.3. The first-order valence-corrected chi connectivity index (χ1v) is 6.97. The summed E-state index contributed by atoms with van der Waals surface area (Å²) in [7, 11) is 0. The second-order valence-electron chi connectivity index (χ2n) is 5.07. The number of hydrogen-bond acceptors (Lipinski definition) is 4. The predicted molar refractivity (Wildman–Crippen MR) is 74.2 cm³/mol. The summed E-state index contributed by atoms with van der Waals surface area (Å²) in [6, 6.07) is 7.68. The first-order valence-electron chi connectivity index (χ1n) is 6.97. The first-order chi connectivity index (χ1) is 9.56. The zero-order chi connectivity index (χ0) is 14.8. The lowest BCUT2D eigenvalue weighted by molar-refractivity contribution is -0.152. The fourth-order valence-electron chi connectivity index (χ4n) is 2.64. The van der Waals surface area contributed by atoms with Gasteiger partial charge in [-0.1, -0.05) is 29.8 Å². The van der Waals surface area contributed by atoms with E-state index < -0.39 is 11.3 Å². The number of aryl methyl sites for hydroxylation is 1. The van der Waals surface area contributed by atoms with Crippen LogP contribution in [0.25, 0.3) is 0 Å². The molecular formula is C16H20O4. The molecule has 1 aliphatic carbocycles. The Balaban J connectivity index is 2.33. The van der Waals surface area contributed by atoms with Gasteiger partial charge in [-0.15, -0.1) is 0 Å². The predicted octanol–water partition coefficient (Wildman–Crippen LogP) is 2.38. The topological polar surface area (TPSA) is 52.6 Å². The van der Waals surface area contributed by atoms with Crippen LogP contribution in [0.3, 0.4) is 0 Å². The van der Waals surface area contributed by atoms with E-state index in [-0.39, 0.29) is 11.9 Å². The molecule has 0 saturated heterocycles. The summed E-state index contributed by atoms with van der Waals surface area (Å²) in [6.45, 7) is 6.12. The van der Waals surface area contributed by atoms with Gasteiger partial charge in [0, 0.05) is 0 Å². The molecule has 0 amide bonds. The summed E-state index contributed by atoms with van der Waals surface area (Å²) >= 11 is 0. The number of carbonyl (C=O) groups is 2. The third-order valence-electron chi connectivity index (χ3n) is 3.70. The molecule has 1 aromatic rings. The second kappa shape index (κ2) is 5.65. The Morgan fingerprint density at radius 3 is 2.55 bits per heavy atom. The molecule has 2 atom stereocenters. The van der Waals surface area contributed by atoms with E-state index in [4.69, 9.17) is 9.47 Å². The van der Waals surface area contributed by atoms with Gasteiger partial charge in [0.05, 0.1) is 19.1 Å². The Hall–Kier alpha value is -1.84. The molecule has 1 aliphatic rings. The Bertz CT molecular complexity index is 523. The summed E-state index contributed by atoms with van der Waals surface area (Å²) in [5, 5.41) is 0. The van der Waals surface area contributed by atoms with E-state index in [1.807, 2.05) is 31.2 Å². The fraction of sp³-hybridized carbons (Fsp3) is 0.500. The van der Waals surface area contributed by atoms with Crippen LogP contribution in [0.1, 0.15) is 31.4 Å². The van der Waals surface area contributed by atoms with Crippen LogP contribution in [0.4, 0.5) is 0 Å². The van der Waals surface area contributed by atoms with Crippen molar-refractivity contribution in [2.24, 2.45) is 5.92 Å². The SMILES string of the molecule is CCOC(=O)[C@@H]1C[C@]1(C(=O)OCC)c1cccc(C)c1. The van der Waals surface area contributed by atoms with Crippen molar-refractivity contribution < 1.29 is 19.1 Å². The molecule has 20 heavy (non-hydrogen) atoms. The molecule has 0 spiro atoms. The Labute approximate surface area is 119 Å². The van der Waals surface area contributed by atoms with Crippen LogP contribution in [-0.2, 0) is 24.5 Å². The third-order valence-corrected chi connectivity index (χ3v) is 3.70. The van der Waals surface area contributed by atoms with Crippen molar-refractivity contribution in [3.8, 4) is 0 Å². The van der Waals surface area contributed by atoms with E-state index >= 15 is 0 Å². The summed E-state index contributed by atoms with van der Waals surface area (Å²) in [5.74, 6) is -1.07. The highest BCUT2D eigenvalue weighted by Gasteiger charge is 2.66. The van der Waals surface area contributed by atoms with Gasteiger partial charge < -0.3 is 9.47 Å². The van der Waals surface area contributed by atoms with E-state index in [1.54, 1.807) is 13.8 Å². The van der Waals surface area contributed by atoms with Crippen LogP contribution in [0.2, 0.25) is 0 Å². The second-order valence-corrected chi connectivity index (χ2v) is 5.07. The molecule has 1 aromatic carbocycles. The number of rotatable bonds is 5. The van der Waals surface area contributed by atoms with Gasteiger partial charge in [-0.25, -0.2) is 0 Å². The molecule has 0 bridgehead atoms. The summed E-state index contributed by atoms with van der Waals surface area (Å²) in [4.78, 5) is 24.3. The quantitative estimate of drug-likeness (QED) is 0.775. The van der Waals surface area contributed by atoms with Crippen molar-refractivity contribution in [1.82, 2.24) is 0 Å². The smallest absolute Gasteiger partial charge is 0.317 e. The average molecular weight is 276 g/mol. The van der Waals surface area contributed by atoms with Gasteiger partial charge in [-0.3, -0.25) is 9.59 Å². The Morgan fingerprint density at radius 1 is 1.25 bits per heavy atom. The van der Waals surface area contributed by atoms with Gasteiger partial charge in [0.25, 0.3) is 0 Å². The summed E-state index contributed by atoms with van der Waals surface area (Å²) in [5.41, 5.74) is 1.04. The number of hydrogen-bond donors (Lipinski definition) is 0. The van der Waals surface area contributed by atoms with Crippen molar-refractivity contribution in [3.05, 3.63) is 35.4 Å². The molecule has 2 rings (SSSR count). The van der Waals surface area contributed by atoms with Gasteiger partial charge in [0.1, 0.15) is 5.41 Å². The molecule has 1 saturated carbocycles. The van der Waals surface area contributed by atoms with E-state index in [9.17, 15) is 9.59 Å². The van der Waals surface area contributed by atoms with E-state index in [0.29, 0.717) is 19.6 Å². The molecule has 0 N–H and O–H groups in total. The van der Waals surface area contributed by atoms with Crippen LogP contribution in [-0.4, -0.2) is 25.2 Å². The number of benzene rings is 1. The van der Waals surface area contributed by atoms with E-state index in [1.165, 1.54) is 0 Å². The maximum Gasteiger partial charge on any atom is 0.317 e. The lowest BCUT2D eigenvalue weighted by Gasteiger charge is -2.16. The molecule has 4 nitrogen and oxygen atoms in total. The van der Waals surface area contributed by atoms with Crippen molar-refractivity contribution >= 4 is 11.9 Å². The Kier molecular flexibility index (Phi) is 4.12. The van der Waals surface area contributed by atoms with Crippen LogP contribution in [0, 0.1) is 12.8 Å². The van der Waals surface area contributed by atoms with Crippen molar-refractivity contribution in [3.63, 3.8) is 0 Å². The van der Waals surface area contributed by atoms with Gasteiger partial charge in [-0.2, -0.15) is 0 Å². The van der Waals surface area contributed by atoms with Gasteiger partial charge in [0.15, 0.2) is 0 Å². The standard InChI is InChI=1S/C16H20O4/c1-4-19-14(17)13-10-16(13,15(18)20-5-2)12-8-6-7-11(3)9-12/h6-9,13H,4-5,10H2,1-3H3/t13-,16-/m0/s1. The molecule has 1 fully saturated rings. The molecule has 108 valence electrons. The monoisotopic (exact) mass is 276 g/mol. The zero-order valence-corrected chi connectivity index (χ0v) is 12.1. The van der Waals surface area contributed by atoms with E-state index in [0.717, 1.165) is 11.1 Å². The molecular weight excluding hydrogens is 256 g/mol. The largest absolute Gasteiger partial charge is 0.466 e. The van der Waals surface area contributed by atoms with Crippen molar-refractivity contribution in [1.29, 1.82) is 0 Å². The van der Waals surface area contributed by atoms with Crippen molar-refractivity contribution in [2.45, 2.75) is 32.6 Å². The number of carbonyl (C=O) groups excluding carboxylic acids is 2.